The fourth-order valence-electron chi connectivity index (χ4n) is 3.14. The molecule has 1 aromatic heterocycles. The van der Waals surface area contributed by atoms with Gasteiger partial charge in [-0.2, -0.15) is 0 Å². The Morgan fingerprint density at radius 1 is 1.33 bits per heavy atom. The number of esters is 1. The van der Waals surface area contributed by atoms with Gasteiger partial charge in [0.2, 0.25) is 11.8 Å². The van der Waals surface area contributed by atoms with Crippen LogP contribution in [0.15, 0.2) is 28.7 Å². The number of hydrogen-bond acceptors (Lipinski definition) is 6. The van der Waals surface area contributed by atoms with Crippen LogP contribution in [-0.2, 0) is 9.53 Å². The van der Waals surface area contributed by atoms with Gasteiger partial charge >= 0.3 is 5.97 Å². The van der Waals surface area contributed by atoms with Crippen molar-refractivity contribution >= 4 is 5.97 Å². The predicted molar refractivity (Wildman–Crippen MR) is 89.2 cm³/mol. The maximum absolute atomic E-state index is 11.6. The largest absolute Gasteiger partial charge is 0.469 e. The van der Waals surface area contributed by atoms with Crippen LogP contribution in [0.2, 0.25) is 0 Å². The Labute approximate surface area is 141 Å². The number of ether oxygens (including phenoxy) is 1. The van der Waals surface area contributed by atoms with Gasteiger partial charge < -0.3 is 9.15 Å². The molecule has 128 valence electrons. The van der Waals surface area contributed by atoms with E-state index in [2.05, 4.69) is 22.0 Å². The molecule has 1 aliphatic heterocycles. The predicted octanol–water partition coefficient (Wildman–Crippen LogP) is 2.99. The van der Waals surface area contributed by atoms with Gasteiger partial charge in [0.25, 0.3) is 0 Å². The fourth-order valence-corrected chi connectivity index (χ4v) is 3.14. The van der Waals surface area contributed by atoms with Gasteiger partial charge in [0.15, 0.2) is 0 Å². The van der Waals surface area contributed by atoms with Crippen LogP contribution in [0.1, 0.15) is 37.3 Å². The molecule has 0 bridgehead atoms. The summed E-state index contributed by atoms with van der Waals surface area (Å²) in [4.78, 5) is 13.9. The molecule has 6 heteroatoms. The Morgan fingerprint density at radius 3 is 2.75 bits per heavy atom. The van der Waals surface area contributed by atoms with Crippen LogP contribution in [0.25, 0.3) is 11.5 Å². The second kappa shape index (κ2) is 7.13. The normalized spacial score (nSPS) is 17.6. The van der Waals surface area contributed by atoms with Crippen LogP contribution < -0.4 is 0 Å². The smallest absolute Gasteiger partial charge is 0.308 e. The Hall–Kier alpha value is -2.21. The van der Waals surface area contributed by atoms with Crippen LogP contribution in [0, 0.1) is 12.8 Å². The second-order valence-electron chi connectivity index (χ2n) is 6.32. The molecule has 2 heterocycles. The molecule has 1 atom stereocenters. The Balaban J connectivity index is 1.66. The number of benzene rings is 1. The highest BCUT2D eigenvalue weighted by Crippen LogP contribution is 2.28. The molecule has 1 aliphatic rings. The lowest BCUT2D eigenvalue weighted by Crippen LogP contribution is -2.38. The maximum Gasteiger partial charge on any atom is 0.308 e. The fraction of sp³-hybridized carbons (Fsp3) is 0.500. The van der Waals surface area contributed by atoms with Crippen molar-refractivity contribution in [1.82, 2.24) is 15.1 Å². The molecule has 6 nitrogen and oxygen atoms in total. The standard InChI is InChI=1S/C18H23N3O3/c1-12-5-4-6-15(11-12)17-20-19-16(24-17)13(2)21-9-7-14(8-10-21)18(22)23-3/h4-6,11,13-14H,7-10H2,1-3H3/t13-/m0/s1. The third kappa shape index (κ3) is 3.48. The van der Waals surface area contributed by atoms with Gasteiger partial charge in [-0.05, 0) is 51.9 Å². The number of methoxy groups -OCH3 is 1. The molecule has 3 rings (SSSR count). The zero-order valence-electron chi connectivity index (χ0n) is 14.4. The van der Waals surface area contributed by atoms with E-state index in [1.165, 1.54) is 7.11 Å². The zero-order valence-corrected chi connectivity index (χ0v) is 14.4. The summed E-state index contributed by atoms with van der Waals surface area (Å²) in [6.45, 7) is 5.74. The molecule has 0 spiro atoms. The summed E-state index contributed by atoms with van der Waals surface area (Å²) in [5, 5.41) is 8.40. The number of carbonyl (C=O) groups is 1. The summed E-state index contributed by atoms with van der Waals surface area (Å²) in [5.41, 5.74) is 2.09. The second-order valence-corrected chi connectivity index (χ2v) is 6.32. The molecule has 0 aliphatic carbocycles. The molecule has 24 heavy (non-hydrogen) atoms. The van der Waals surface area contributed by atoms with Crippen molar-refractivity contribution in [3.63, 3.8) is 0 Å². The van der Waals surface area contributed by atoms with E-state index in [4.69, 9.17) is 9.15 Å². The number of carbonyl (C=O) groups excluding carboxylic acids is 1. The van der Waals surface area contributed by atoms with Crippen LogP contribution in [0.3, 0.4) is 0 Å². The minimum Gasteiger partial charge on any atom is -0.469 e. The minimum atomic E-state index is -0.109. The summed E-state index contributed by atoms with van der Waals surface area (Å²) in [5.74, 6) is 1.05. The van der Waals surface area contributed by atoms with Gasteiger partial charge in [-0.3, -0.25) is 9.69 Å². The SMILES string of the molecule is COC(=O)C1CCN([C@@H](C)c2nnc(-c3cccc(C)c3)o2)CC1. The first-order valence-electron chi connectivity index (χ1n) is 8.31. The highest BCUT2D eigenvalue weighted by molar-refractivity contribution is 5.72. The van der Waals surface area contributed by atoms with E-state index in [9.17, 15) is 4.79 Å². The van der Waals surface area contributed by atoms with E-state index in [0.717, 1.165) is 37.1 Å². The summed E-state index contributed by atoms with van der Waals surface area (Å²) in [7, 11) is 1.45. The highest BCUT2D eigenvalue weighted by Gasteiger charge is 2.30. The molecule has 0 amide bonds. The summed E-state index contributed by atoms with van der Waals surface area (Å²) in [6, 6.07) is 8.06. The van der Waals surface area contributed by atoms with Crippen LogP contribution in [0.4, 0.5) is 0 Å². The molecule has 0 N–H and O–H groups in total. The molecule has 1 fully saturated rings. The lowest BCUT2D eigenvalue weighted by Gasteiger charge is -2.33. The van der Waals surface area contributed by atoms with E-state index < -0.39 is 0 Å². The summed E-state index contributed by atoms with van der Waals surface area (Å²) >= 11 is 0. The molecule has 0 saturated carbocycles. The molecule has 1 saturated heterocycles. The number of hydrogen-bond donors (Lipinski definition) is 0. The molecular weight excluding hydrogens is 306 g/mol. The number of nitrogens with zero attached hydrogens (tertiary/aromatic N) is 3. The van der Waals surface area contributed by atoms with Crippen molar-refractivity contribution in [2.75, 3.05) is 20.2 Å². The first-order chi connectivity index (χ1) is 11.6. The number of aromatic nitrogens is 2. The van der Waals surface area contributed by atoms with Gasteiger partial charge in [0.1, 0.15) is 0 Å². The Bertz CT molecular complexity index is 705. The topological polar surface area (TPSA) is 68.5 Å². The monoisotopic (exact) mass is 329 g/mol. The van der Waals surface area contributed by atoms with Crippen molar-refractivity contribution in [3.05, 3.63) is 35.7 Å². The van der Waals surface area contributed by atoms with E-state index in [1.807, 2.05) is 31.2 Å². The molecular formula is C18H23N3O3. The van der Waals surface area contributed by atoms with E-state index in [-0.39, 0.29) is 17.9 Å². The molecule has 2 aromatic rings. The van der Waals surface area contributed by atoms with Crippen LogP contribution in [-0.4, -0.2) is 41.3 Å². The molecule has 0 unspecified atom stereocenters. The van der Waals surface area contributed by atoms with Crippen molar-refractivity contribution < 1.29 is 13.9 Å². The van der Waals surface area contributed by atoms with Gasteiger partial charge in [-0.1, -0.05) is 17.7 Å². The Morgan fingerprint density at radius 2 is 2.08 bits per heavy atom. The highest BCUT2D eigenvalue weighted by atomic mass is 16.5. The minimum absolute atomic E-state index is 0.00369. The molecule has 0 radical (unpaired) electrons. The number of rotatable bonds is 4. The van der Waals surface area contributed by atoms with Gasteiger partial charge in [-0.25, -0.2) is 0 Å². The van der Waals surface area contributed by atoms with E-state index in [0.29, 0.717) is 11.8 Å². The number of aryl methyl sites for hydroxylation is 1. The quantitative estimate of drug-likeness (QED) is 0.803. The average molecular weight is 329 g/mol. The van der Waals surface area contributed by atoms with Gasteiger partial charge in [0.05, 0.1) is 19.1 Å². The first-order valence-corrected chi connectivity index (χ1v) is 8.31. The van der Waals surface area contributed by atoms with Crippen LogP contribution >= 0.6 is 0 Å². The third-order valence-corrected chi connectivity index (χ3v) is 4.67. The van der Waals surface area contributed by atoms with Gasteiger partial charge in [-0.15, -0.1) is 10.2 Å². The third-order valence-electron chi connectivity index (χ3n) is 4.67. The van der Waals surface area contributed by atoms with Crippen molar-refractivity contribution in [3.8, 4) is 11.5 Å². The van der Waals surface area contributed by atoms with Crippen LogP contribution in [0.5, 0.6) is 0 Å². The molecule has 1 aromatic carbocycles. The van der Waals surface area contributed by atoms with Crippen molar-refractivity contribution in [2.24, 2.45) is 5.92 Å². The lowest BCUT2D eigenvalue weighted by molar-refractivity contribution is -0.147. The maximum atomic E-state index is 11.6. The number of likely N-dealkylation sites (tertiary alicyclic amines) is 1. The summed E-state index contributed by atoms with van der Waals surface area (Å²) < 4.78 is 10.7. The first kappa shape index (κ1) is 16.6. The van der Waals surface area contributed by atoms with Crippen molar-refractivity contribution in [1.29, 1.82) is 0 Å². The van der Waals surface area contributed by atoms with E-state index in [1.54, 1.807) is 0 Å². The summed E-state index contributed by atoms with van der Waals surface area (Å²) in [6.07, 6.45) is 1.60. The Kier molecular flexibility index (Phi) is 4.94. The van der Waals surface area contributed by atoms with E-state index >= 15 is 0 Å². The number of piperidine rings is 1. The average Bonchev–Trinajstić information content (AvgIpc) is 3.10. The zero-order chi connectivity index (χ0) is 17.1. The van der Waals surface area contributed by atoms with Gasteiger partial charge in [0, 0.05) is 5.56 Å². The lowest BCUT2D eigenvalue weighted by atomic mass is 9.96. The van der Waals surface area contributed by atoms with Crippen molar-refractivity contribution in [2.45, 2.75) is 32.7 Å².